The Morgan fingerprint density at radius 2 is 1.72 bits per heavy atom. The van der Waals surface area contributed by atoms with Gasteiger partial charge in [-0.25, -0.2) is 0 Å². The monoisotopic (exact) mass is 265 g/mol. The molecule has 0 radical (unpaired) electrons. The predicted molar refractivity (Wildman–Crippen MR) is 76.0 cm³/mol. The van der Waals surface area contributed by atoms with Crippen molar-refractivity contribution in [2.75, 3.05) is 45.7 Å². The SMILES string of the molecule is Cc1ccc(P2CCN(C)CC2)c2c1OCCO2. The van der Waals surface area contributed by atoms with Crippen LogP contribution in [0.2, 0.25) is 0 Å². The largest absolute Gasteiger partial charge is 0.486 e. The molecule has 1 aromatic rings. The first-order valence-electron chi connectivity index (χ1n) is 6.58. The van der Waals surface area contributed by atoms with E-state index in [4.69, 9.17) is 9.47 Å². The zero-order valence-electron chi connectivity index (χ0n) is 11.1. The van der Waals surface area contributed by atoms with Crippen molar-refractivity contribution < 1.29 is 9.47 Å². The second-order valence-electron chi connectivity index (χ2n) is 5.05. The summed E-state index contributed by atoms with van der Waals surface area (Å²) in [5.41, 5.74) is 1.19. The summed E-state index contributed by atoms with van der Waals surface area (Å²) in [5, 5.41) is 1.42. The van der Waals surface area contributed by atoms with Crippen LogP contribution in [0.3, 0.4) is 0 Å². The van der Waals surface area contributed by atoms with E-state index < -0.39 is 0 Å². The van der Waals surface area contributed by atoms with E-state index in [9.17, 15) is 0 Å². The van der Waals surface area contributed by atoms with Gasteiger partial charge in [0.25, 0.3) is 0 Å². The molecule has 0 aliphatic carbocycles. The number of ether oxygens (including phenoxy) is 2. The van der Waals surface area contributed by atoms with Gasteiger partial charge in [0.15, 0.2) is 11.5 Å². The Labute approximate surface area is 110 Å². The summed E-state index contributed by atoms with van der Waals surface area (Å²) in [6.07, 6.45) is 2.56. The van der Waals surface area contributed by atoms with Crippen molar-refractivity contribution in [3.05, 3.63) is 17.7 Å². The van der Waals surface area contributed by atoms with E-state index in [1.54, 1.807) is 0 Å². The lowest BCUT2D eigenvalue weighted by molar-refractivity contribution is 0.172. The van der Waals surface area contributed by atoms with E-state index in [-0.39, 0.29) is 7.92 Å². The van der Waals surface area contributed by atoms with Crippen molar-refractivity contribution >= 4 is 13.2 Å². The van der Waals surface area contributed by atoms with E-state index in [0.717, 1.165) is 11.5 Å². The summed E-state index contributed by atoms with van der Waals surface area (Å²) in [6.45, 7) is 5.87. The van der Waals surface area contributed by atoms with Crippen molar-refractivity contribution in [3.63, 3.8) is 0 Å². The highest BCUT2D eigenvalue weighted by molar-refractivity contribution is 7.66. The Hall–Kier alpha value is -0.790. The first-order valence-corrected chi connectivity index (χ1v) is 8.29. The third-order valence-electron chi connectivity index (χ3n) is 3.71. The Bertz CT molecular complexity index is 442. The minimum absolute atomic E-state index is 0.0672. The van der Waals surface area contributed by atoms with Crippen molar-refractivity contribution in [1.82, 2.24) is 4.90 Å². The number of benzene rings is 1. The summed E-state index contributed by atoms with van der Waals surface area (Å²) >= 11 is 0. The third kappa shape index (κ3) is 2.22. The number of fused-ring (bicyclic) bond motifs is 1. The molecule has 18 heavy (non-hydrogen) atoms. The molecule has 2 aliphatic heterocycles. The first-order chi connectivity index (χ1) is 8.75. The van der Waals surface area contributed by atoms with Crippen molar-refractivity contribution in [3.8, 4) is 11.5 Å². The summed E-state index contributed by atoms with van der Waals surface area (Å²) in [4.78, 5) is 2.41. The second-order valence-corrected chi connectivity index (χ2v) is 7.50. The molecule has 0 saturated carbocycles. The van der Waals surface area contributed by atoms with Crippen molar-refractivity contribution in [2.24, 2.45) is 0 Å². The lowest BCUT2D eigenvalue weighted by atomic mass is 10.2. The van der Waals surface area contributed by atoms with Crippen LogP contribution in [-0.2, 0) is 0 Å². The van der Waals surface area contributed by atoms with E-state index >= 15 is 0 Å². The summed E-state index contributed by atoms with van der Waals surface area (Å²) in [5.74, 6) is 2.03. The minimum Gasteiger partial charge on any atom is -0.486 e. The Kier molecular flexibility index (Phi) is 3.45. The molecule has 0 atom stereocenters. The van der Waals surface area contributed by atoms with Crippen LogP contribution in [-0.4, -0.2) is 50.6 Å². The van der Waals surface area contributed by atoms with E-state index in [2.05, 4.69) is 31.0 Å². The molecule has 3 nitrogen and oxygen atoms in total. The Morgan fingerprint density at radius 1 is 1.06 bits per heavy atom. The predicted octanol–water partition coefficient (Wildman–Crippen LogP) is 1.82. The molecule has 0 N–H and O–H groups in total. The van der Waals surface area contributed by atoms with Crippen LogP contribution in [0.4, 0.5) is 0 Å². The fourth-order valence-corrected chi connectivity index (χ4v) is 5.16. The first kappa shape index (κ1) is 12.3. The summed E-state index contributed by atoms with van der Waals surface area (Å²) in [7, 11) is 2.14. The standard InChI is InChI=1S/C14H20NO2P/c1-11-3-4-12(14-13(11)16-7-8-17-14)18-9-5-15(2)6-10-18/h3-4H,5-10H2,1-2H3. The highest BCUT2D eigenvalue weighted by Crippen LogP contribution is 2.44. The van der Waals surface area contributed by atoms with E-state index in [1.165, 1.54) is 36.3 Å². The molecule has 1 saturated heterocycles. The topological polar surface area (TPSA) is 21.7 Å². The van der Waals surface area contributed by atoms with Crippen LogP contribution in [0.15, 0.2) is 12.1 Å². The Morgan fingerprint density at radius 3 is 2.44 bits per heavy atom. The second kappa shape index (κ2) is 5.07. The third-order valence-corrected chi connectivity index (χ3v) is 6.22. The van der Waals surface area contributed by atoms with Crippen LogP contribution < -0.4 is 14.8 Å². The van der Waals surface area contributed by atoms with Crippen LogP contribution >= 0.6 is 7.92 Å². The van der Waals surface area contributed by atoms with Gasteiger partial charge in [-0.05, 0) is 31.9 Å². The molecule has 2 heterocycles. The van der Waals surface area contributed by atoms with Gasteiger partial charge in [-0.1, -0.05) is 20.1 Å². The fraction of sp³-hybridized carbons (Fsp3) is 0.571. The smallest absolute Gasteiger partial charge is 0.169 e. The average Bonchev–Trinajstić information content (AvgIpc) is 2.41. The Balaban J connectivity index is 1.92. The van der Waals surface area contributed by atoms with Crippen LogP contribution in [0.1, 0.15) is 5.56 Å². The molecule has 0 aromatic heterocycles. The van der Waals surface area contributed by atoms with Gasteiger partial charge in [0, 0.05) is 18.4 Å². The normalized spacial score (nSPS) is 21.0. The van der Waals surface area contributed by atoms with Gasteiger partial charge in [-0.15, -0.1) is 0 Å². The van der Waals surface area contributed by atoms with E-state index in [1.807, 2.05) is 0 Å². The van der Waals surface area contributed by atoms with Crippen LogP contribution in [0.25, 0.3) is 0 Å². The molecule has 0 bridgehead atoms. The maximum atomic E-state index is 5.89. The van der Waals surface area contributed by atoms with Gasteiger partial charge in [-0.2, -0.15) is 0 Å². The summed E-state index contributed by atoms with van der Waals surface area (Å²) < 4.78 is 11.7. The zero-order chi connectivity index (χ0) is 12.5. The molecule has 1 aromatic carbocycles. The maximum absolute atomic E-state index is 5.89. The highest BCUT2D eigenvalue weighted by atomic mass is 31.1. The van der Waals surface area contributed by atoms with Gasteiger partial charge in [0.2, 0.25) is 0 Å². The number of rotatable bonds is 1. The van der Waals surface area contributed by atoms with Gasteiger partial charge in [0.05, 0.1) is 0 Å². The van der Waals surface area contributed by atoms with Gasteiger partial charge >= 0.3 is 0 Å². The summed E-state index contributed by atoms with van der Waals surface area (Å²) in [6, 6.07) is 4.45. The van der Waals surface area contributed by atoms with Gasteiger partial charge in [0.1, 0.15) is 13.2 Å². The van der Waals surface area contributed by atoms with Gasteiger partial charge < -0.3 is 14.4 Å². The maximum Gasteiger partial charge on any atom is 0.169 e. The lowest BCUT2D eigenvalue weighted by Gasteiger charge is -2.32. The number of hydrogen-bond donors (Lipinski definition) is 0. The minimum atomic E-state index is -0.0672. The molecular formula is C14H20NO2P. The average molecular weight is 265 g/mol. The van der Waals surface area contributed by atoms with E-state index in [0.29, 0.717) is 13.2 Å². The van der Waals surface area contributed by atoms with Crippen molar-refractivity contribution in [1.29, 1.82) is 0 Å². The fourth-order valence-electron chi connectivity index (χ4n) is 2.55. The highest BCUT2D eigenvalue weighted by Gasteiger charge is 2.25. The molecular weight excluding hydrogens is 245 g/mol. The van der Waals surface area contributed by atoms with Crippen LogP contribution in [0, 0.1) is 6.92 Å². The van der Waals surface area contributed by atoms with Crippen LogP contribution in [0.5, 0.6) is 11.5 Å². The molecule has 3 rings (SSSR count). The molecule has 1 fully saturated rings. The van der Waals surface area contributed by atoms with Crippen molar-refractivity contribution in [2.45, 2.75) is 6.92 Å². The number of aryl methyl sites for hydroxylation is 1. The molecule has 98 valence electrons. The zero-order valence-corrected chi connectivity index (χ0v) is 12.0. The number of nitrogens with zero attached hydrogens (tertiary/aromatic N) is 1. The van der Waals surface area contributed by atoms with Gasteiger partial charge in [-0.3, -0.25) is 0 Å². The molecule has 0 amide bonds. The molecule has 2 aliphatic rings. The molecule has 0 spiro atoms. The molecule has 0 unspecified atom stereocenters. The quantitative estimate of drug-likeness (QED) is 0.723. The molecule has 4 heteroatoms. The number of hydrogen-bond acceptors (Lipinski definition) is 3. The lowest BCUT2D eigenvalue weighted by Crippen LogP contribution is -2.33.